The van der Waals surface area contributed by atoms with Gasteiger partial charge in [-0.1, -0.05) is 13.8 Å². The van der Waals surface area contributed by atoms with Gasteiger partial charge >= 0.3 is 6.09 Å². The van der Waals surface area contributed by atoms with Crippen LogP contribution in [0.1, 0.15) is 60.3 Å². The standard InChI is InChI=1S/C23H34BrN5O3/c1-6-14(7-2)21(30)28-17-12-26-20-18(17)19(16(24)11-25-20)29-10-8-9-15(13-29)27-22(31)32-23(3,4)5/h11-12,14-15H,6-10,13H2,1-5H3,(H,25,26)(H,27,31)(H,28,30). The number of anilines is 2. The topological polar surface area (TPSA) is 99.4 Å². The number of nitrogens with one attached hydrogen (secondary N) is 3. The molecule has 0 radical (unpaired) electrons. The second kappa shape index (κ2) is 10.1. The molecule has 2 aromatic rings. The zero-order valence-corrected chi connectivity index (χ0v) is 21.1. The van der Waals surface area contributed by atoms with Crippen LogP contribution in [0.5, 0.6) is 0 Å². The molecule has 2 amide bonds. The molecule has 1 aliphatic heterocycles. The molecule has 3 rings (SSSR count). The normalized spacial score (nSPS) is 17.0. The number of hydrogen-bond acceptors (Lipinski definition) is 5. The number of ether oxygens (including phenoxy) is 1. The lowest BCUT2D eigenvalue weighted by molar-refractivity contribution is -0.120. The van der Waals surface area contributed by atoms with Gasteiger partial charge in [0.15, 0.2) is 0 Å². The number of nitrogens with zero attached hydrogens (tertiary/aromatic N) is 2. The first kappa shape index (κ1) is 24.4. The van der Waals surface area contributed by atoms with Gasteiger partial charge in [-0.15, -0.1) is 0 Å². The summed E-state index contributed by atoms with van der Waals surface area (Å²) in [5, 5.41) is 6.97. The van der Waals surface area contributed by atoms with E-state index >= 15 is 0 Å². The average Bonchev–Trinajstić information content (AvgIpc) is 3.10. The van der Waals surface area contributed by atoms with Crippen LogP contribution in [-0.2, 0) is 9.53 Å². The first-order valence-corrected chi connectivity index (χ1v) is 12.1. The number of fused-ring (bicyclic) bond motifs is 1. The number of rotatable bonds is 6. The maximum Gasteiger partial charge on any atom is 0.407 e. The van der Waals surface area contributed by atoms with Crippen LogP contribution in [0.25, 0.3) is 11.0 Å². The molecule has 3 heterocycles. The van der Waals surface area contributed by atoms with E-state index in [9.17, 15) is 9.59 Å². The highest BCUT2D eigenvalue weighted by Crippen LogP contribution is 2.39. The van der Waals surface area contributed by atoms with Crippen LogP contribution in [0.4, 0.5) is 16.2 Å². The average molecular weight is 508 g/mol. The van der Waals surface area contributed by atoms with Gasteiger partial charge in [0.05, 0.1) is 21.2 Å². The zero-order valence-electron chi connectivity index (χ0n) is 19.5. The number of carbonyl (C=O) groups is 2. The minimum absolute atomic E-state index is 0.0185. The molecule has 0 aliphatic carbocycles. The van der Waals surface area contributed by atoms with Crippen LogP contribution in [0.15, 0.2) is 16.9 Å². The van der Waals surface area contributed by atoms with Crippen molar-refractivity contribution < 1.29 is 14.3 Å². The molecule has 0 spiro atoms. The summed E-state index contributed by atoms with van der Waals surface area (Å²) in [7, 11) is 0. The van der Waals surface area contributed by atoms with Gasteiger partial charge in [-0.2, -0.15) is 0 Å². The Labute approximate surface area is 198 Å². The fourth-order valence-corrected chi connectivity index (χ4v) is 4.68. The summed E-state index contributed by atoms with van der Waals surface area (Å²) in [5.74, 6) is -0.00848. The van der Waals surface area contributed by atoms with Gasteiger partial charge in [0.2, 0.25) is 5.91 Å². The molecule has 8 nitrogen and oxygen atoms in total. The minimum Gasteiger partial charge on any atom is -0.444 e. The van der Waals surface area contributed by atoms with Gasteiger partial charge in [0.1, 0.15) is 11.2 Å². The number of piperidine rings is 1. The Hall–Kier alpha value is -2.29. The van der Waals surface area contributed by atoms with Gasteiger partial charge < -0.3 is 25.3 Å². The molecule has 0 saturated carbocycles. The van der Waals surface area contributed by atoms with Gasteiger partial charge in [-0.25, -0.2) is 9.78 Å². The number of halogens is 1. The summed E-state index contributed by atoms with van der Waals surface area (Å²) >= 11 is 3.66. The van der Waals surface area contributed by atoms with Crippen LogP contribution in [-0.4, -0.2) is 46.7 Å². The molecule has 1 saturated heterocycles. The number of aromatic nitrogens is 2. The van der Waals surface area contributed by atoms with E-state index < -0.39 is 11.7 Å². The van der Waals surface area contributed by atoms with Gasteiger partial charge in [0.25, 0.3) is 0 Å². The lowest BCUT2D eigenvalue weighted by Gasteiger charge is -2.36. The second-order valence-corrected chi connectivity index (χ2v) is 10.2. The largest absolute Gasteiger partial charge is 0.444 e. The highest BCUT2D eigenvalue weighted by atomic mass is 79.9. The van der Waals surface area contributed by atoms with Crippen molar-refractivity contribution in [3.63, 3.8) is 0 Å². The summed E-state index contributed by atoms with van der Waals surface area (Å²) in [4.78, 5) is 34.9. The number of aromatic amines is 1. The first-order chi connectivity index (χ1) is 15.1. The molecule has 1 atom stereocenters. The van der Waals surface area contributed by atoms with Crippen molar-refractivity contribution in [1.29, 1.82) is 0 Å². The summed E-state index contributed by atoms with van der Waals surface area (Å²) in [5.41, 5.74) is 1.87. The van der Waals surface area contributed by atoms with Gasteiger partial charge in [0, 0.05) is 37.4 Å². The Bertz CT molecular complexity index is 964. The molecular formula is C23H34BrN5O3. The molecule has 1 unspecified atom stereocenters. The van der Waals surface area contributed by atoms with Crippen LogP contribution in [0, 0.1) is 5.92 Å². The molecule has 176 valence electrons. The molecule has 32 heavy (non-hydrogen) atoms. The predicted molar refractivity (Wildman–Crippen MR) is 131 cm³/mol. The van der Waals surface area contributed by atoms with Gasteiger partial charge in [-0.3, -0.25) is 4.79 Å². The van der Waals surface area contributed by atoms with Crippen LogP contribution < -0.4 is 15.5 Å². The Balaban J connectivity index is 1.86. The molecule has 3 N–H and O–H groups in total. The quantitative estimate of drug-likeness (QED) is 0.499. The van der Waals surface area contributed by atoms with Crippen molar-refractivity contribution in [3.8, 4) is 0 Å². The van der Waals surface area contributed by atoms with E-state index in [2.05, 4.69) is 41.4 Å². The smallest absolute Gasteiger partial charge is 0.407 e. The van der Waals surface area contributed by atoms with Crippen LogP contribution in [0.2, 0.25) is 0 Å². The Morgan fingerprint density at radius 1 is 1.34 bits per heavy atom. The van der Waals surface area contributed by atoms with Crippen molar-refractivity contribution >= 4 is 50.3 Å². The van der Waals surface area contributed by atoms with Gasteiger partial charge in [-0.05, 0) is 62.4 Å². The number of H-pyrrole nitrogens is 1. The van der Waals surface area contributed by atoms with Crippen molar-refractivity contribution in [2.75, 3.05) is 23.3 Å². The van der Waals surface area contributed by atoms with E-state index in [0.29, 0.717) is 12.2 Å². The first-order valence-electron chi connectivity index (χ1n) is 11.3. The van der Waals surface area contributed by atoms with Crippen molar-refractivity contribution in [3.05, 3.63) is 16.9 Å². The van der Waals surface area contributed by atoms with Crippen molar-refractivity contribution in [2.45, 2.75) is 71.9 Å². The number of carbonyl (C=O) groups excluding carboxylic acids is 2. The Kier molecular flexibility index (Phi) is 7.69. The summed E-state index contributed by atoms with van der Waals surface area (Å²) in [6.07, 6.45) is 6.57. The fraction of sp³-hybridized carbons (Fsp3) is 0.609. The molecule has 1 aliphatic rings. The van der Waals surface area contributed by atoms with E-state index in [0.717, 1.165) is 53.5 Å². The summed E-state index contributed by atoms with van der Waals surface area (Å²) in [6.45, 7) is 11.1. The lowest BCUT2D eigenvalue weighted by atomic mass is 10.0. The summed E-state index contributed by atoms with van der Waals surface area (Å²) < 4.78 is 6.28. The third-order valence-electron chi connectivity index (χ3n) is 5.70. The van der Waals surface area contributed by atoms with Crippen molar-refractivity contribution in [1.82, 2.24) is 15.3 Å². The van der Waals surface area contributed by atoms with Crippen molar-refractivity contribution in [2.24, 2.45) is 5.92 Å². The SMILES string of the molecule is CCC(CC)C(=O)Nc1c[nH]c2ncc(Br)c(N3CCCC(NC(=O)OC(C)(C)C)C3)c12. The highest BCUT2D eigenvalue weighted by molar-refractivity contribution is 9.10. The number of amides is 2. The Morgan fingerprint density at radius 2 is 2.06 bits per heavy atom. The molecule has 1 fully saturated rings. The third kappa shape index (κ3) is 5.74. The minimum atomic E-state index is -0.536. The zero-order chi connectivity index (χ0) is 23.5. The maximum atomic E-state index is 12.7. The van der Waals surface area contributed by atoms with Crippen LogP contribution in [0.3, 0.4) is 0 Å². The number of hydrogen-bond donors (Lipinski definition) is 3. The van der Waals surface area contributed by atoms with E-state index in [1.807, 2.05) is 34.6 Å². The molecule has 2 aromatic heterocycles. The van der Waals surface area contributed by atoms with E-state index in [1.165, 1.54) is 0 Å². The molecular weight excluding hydrogens is 474 g/mol. The monoisotopic (exact) mass is 507 g/mol. The van der Waals surface area contributed by atoms with E-state index in [4.69, 9.17) is 4.74 Å². The molecule has 0 aromatic carbocycles. The third-order valence-corrected chi connectivity index (χ3v) is 6.28. The fourth-order valence-electron chi connectivity index (χ4n) is 4.13. The number of alkyl carbamates (subject to hydrolysis) is 1. The number of pyridine rings is 1. The maximum absolute atomic E-state index is 12.7. The second-order valence-electron chi connectivity index (χ2n) is 9.31. The highest BCUT2D eigenvalue weighted by Gasteiger charge is 2.28. The predicted octanol–water partition coefficient (Wildman–Crippen LogP) is 5.19. The molecule has 0 bridgehead atoms. The lowest BCUT2D eigenvalue weighted by Crippen LogP contribution is -2.49. The van der Waals surface area contributed by atoms with Crippen LogP contribution >= 0.6 is 15.9 Å². The van der Waals surface area contributed by atoms with E-state index in [1.54, 1.807) is 12.4 Å². The summed E-state index contributed by atoms with van der Waals surface area (Å²) in [6, 6.07) is -0.0322. The van der Waals surface area contributed by atoms with E-state index in [-0.39, 0.29) is 17.9 Å². The Morgan fingerprint density at radius 3 is 2.72 bits per heavy atom. The molecule has 9 heteroatoms.